The number of nitrogens with zero attached hydrogens (tertiary/aromatic N) is 3. The lowest BCUT2D eigenvalue weighted by Gasteiger charge is -2.30. The van der Waals surface area contributed by atoms with Crippen molar-refractivity contribution < 1.29 is 9.90 Å². The van der Waals surface area contributed by atoms with Gasteiger partial charge in [0, 0.05) is 25.3 Å². The van der Waals surface area contributed by atoms with E-state index in [4.69, 9.17) is 5.11 Å². The summed E-state index contributed by atoms with van der Waals surface area (Å²) in [6, 6.07) is 0.212. The first-order valence-electron chi connectivity index (χ1n) is 8.13. The van der Waals surface area contributed by atoms with Crippen LogP contribution in [0.25, 0.3) is 0 Å². The van der Waals surface area contributed by atoms with E-state index in [1.165, 1.54) is 17.8 Å². The van der Waals surface area contributed by atoms with Crippen molar-refractivity contribution in [3.63, 3.8) is 0 Å². The minimum Gasteiger partial charge on any atom is -0.478 e. The number of hydrogen-bond acceptors (Lipinski definition) is 4. The van der Waals surface area contributed by atoms with Crippen LogP contribution in [0.15, 0.2) is 29.7 Å². The van der Waals surface area contributed by atoms with Crippen LogP contribution < -0.4 is 5.32 Å². The van der Waals surface area contributed by atoms with Crippen LogP contribution in [0.3, 0.4) is 0 Å². The highest BCUT2D eigenvalue weighted by atomic mass is 16.4. The van der Waals surface area contributed by atoms with Gasteiger partial charge in [-0.1, -0.05) is 13.0 Å². The minimum atomic E-state index is -0.928. The van der Waals surface area contributed by atoms with E-state index in [0.717, 1.165) is 19.0 Å². The van der Waals surface area contributed by atoms with Crippen molar-refractivity contribution in [3.05, 3.63) is 41.0 Å². The Morgan fingerprint density at radius 3 is 2.78 bits per heavy atom. The van der Waals surface area contributed by atoms with Gasteiger partial charge in [-0.3, -0.25) is 4.68 Å². The molecule has 2 unspecified atom stereocenters. The van der Waals surface area contributed by atoms with E-state index >= 15 is 0 Å². The van der Waals surface area contributed by atoms with E-state index in [2.05, 4.69) is 41.3 Å². The predicted octanol–water partition coefficient (Wildman–Crippen LogP) is 1.99. The van der Waals surface area contributed by atoms with Gasteiger partial charge in [-0.15, -0.1) is 0 Å². The van der Waals surface area contributed by atoms with E-state index in [0.29, 0.717) is 12.2 Å². The zero-order chi connectivity index (χ0) is 16.6. The molecule has 6 heteroatoms. The van der Waals surface area contributed by atoms with E-state index < -0.39 is 5.97 Å². The van der Waals surface area contributed by atoms with Crippen LogP contribution in [0.2, 0.25) is 0 Å². The Balaban J connectivity index is 1.73. The van der Waals surface area contributed by atoms with Gasteiger partial charge >= 0.3 is 5.97 Å². The van der Waals surface area contributed by atoms with Crippen LogP contribution >= 0.6 is 0 Å². The van der Waals surface area contributed by atoms with Crippen LogP contribution in [0.4, 0.5) is 0 Å². The van der Waals surface area contributed by atoms with Gasteiger partial charge in [0.2, 0.25) is 0 Å². The Labute approximate surface area is 136 Å². The molecule has 0 saturated carbocycles. The van der Waals surface area contributed by atoms with Crippen LogP contribution in [0.5, 0.6) is 0 Å². The number of likely N-dealkylation sites (tertiary alicyclic amines) is 1. The molecule has 0 amide bonds. The fourth-order valence-corrected chi connectivity index (χ4v) is 3.23. The topological polar surface area (TPSA) is 70.4 Å². The maximum absolute atomic E-state index is 11.1. The SMILES string of the molecule is Cc1nn(CC2=CC=C(N3CCC(C)C3)NC2C)cc1C(=O)O. The molecule has 3 heterocycles. The van der Waals surface area contributed by atoms with Crippen LogP contribution in [-0.2, 0) is 6.54 Å². The molecule has 2 N–H and O–H groups in total. The zero-order valence-corrected chi connectivity index (χ0v) is 13.9. The fourth-order valence-electron chi connectivity index (χ4n) is 3.23. The second-order valence-corrected chi connectivity index (χ2v) is 6.63. The molecule has 0 aliphatic carbocycles. The molecule has 0 spiro atoms. The number of carboxylic acids is 1. The Bertz CT molecular complexity index is 674. The second-order valence-electron chi connectivity index (χ2n) is 6.63. The molecule has 2 aliphatic rings. The van der Waals surface area contributed by atoms with Crippen LogP contribution in [-0.4, -0.2) is 44.9 Å². The number of dihydropyridines is 1. The summed E-state index contributed by atoms with van der Waals surface area (Å²) in [4.78, 5) is 13.5. The van der Waals surface area contributed by atoms with Crippen molar-refractivity contribution in [2.24, 2.45) is 5.92 Å². The number of aromatic carboxylic acids is 1. The first-order valence-corrected chi connectivity index (χ1v) is 8.13. The first-order chi connectivity index (χ1) is 10.9. The number of carbonyl (C=O) groups is 1. The smallest absolute Gasteiger partial charge is 0.339 e. The molecular formula is C17H24N4O2. The van der Waals surface area contributed by atoms with Crippen molar-refractivity contribution in [2.75, 3.05) is 13.1 Å². The second kappa shape index (κ2) is 6.10. The normalized spacial score (nSPS) is 24.2. The third kappa shape index (κ3) is 3.25. The molecule has 1 fully saturated rings. The highest BCUT2D eigenvalue weighted by Crippen LogP contribution is 2.22. The monoisotopic (exact) mass is 316 g/mol. The summed E-state index contributed by atoms with van der Waals surface area (Å²) >= 11 is 0. The van der Waals surface area contributed by atoms with Gasteiger partial charge in [0.05, 0.1) is 12.2 Å². The molecule has 124 valence electrons. The Morgan fingerprint density at radius 2 is 2.22 bits per heavy atom. The number of hydrogen-bond donors (Lipinski definition) is 2. The summed E-state index contributed by atoms with van der Waals surface area (Å²) in [7, 11) is 0. The Kier molecular flexibility index (Phi) is 4.15. The molecule has 2 aliphatic heterocycles. The van der Waals surface area contributed by atoms with Gasteiger partial charge in [0.15, 0.2) is 0 Å². The fraction of sp³-hybridized carbons (Fsp3) is 0.529. The number of aromatic nitrogens is 2. The van der Waals surface area contributed by atoms with E-state index in [1.54, 1.807) is 17.8 Å². The number of carboxylic acid groups (broad SMARTS) is 1. The molecule has 0 bridgehead atoms. The Morgan fingerprint density at radius 1 is 1.43 bits per heavy atom. The third-order valence-corrected chi connectivity index (χ3v) is 4.66. The highest BCUT2D eigenvalue weighted by Gasteiger charge is 2.24. The predicted molar refractivity (Wildman–Crippen MR) is 88.0 cm³/mol. The van der Waals surface area contributed by atoms with Gasteiger partial charge in [0.1, 0.15) is 11.4 Å². The lowest BCUT2D eigenvalue weighted by molar-refractivity contribution is 0.0696. The summed E-state index contributed by atoms with van der Waals surface area (Å²) in [5.41, 5.74) is 2.02. The maximum atomic E-state index is 11.1. The zero-order valence-electron chi connectivity index (χ0n) is 13.9. The summed E-state index contributed by atoms with van der Waals surface area (Å²) in [5, 5.41) is 17.0. The number of allylic oxidation sites excluding steroid dienone is 2. The highest BCUT2D eigenvalue weighted by molar-refractivity contribution is 5.88. The lowest BCUT2D eigenvalue weighted by Crippen LogP contribution is -2.39. The van der Waals surface area contributed by atoms with E-state index in [-0.39, 0.29) is 11.6 Å². The summed E-state index contributed by atoms with van der Waals surface area (Å²) in [6.07, 6.45) is 7.11. The van der Waals surface area contributed by atoms with Crippen molar-refractivity contribution in [1.29, 1.82) is 0 Å². The lowest BCUT2D eigenvalue weighted by atomic mass is 10.1. The van der Waals surface area contributed by atoms with Crippen LogP contribution in [0, 0.1) is 12.8 Å². The molecule has 2 atom stereocenters. The van der Waals surface area contributed by atoms with E-state index in [9.17, 15) is 4.79 Å². The molecule has 1 saturated heterocycles. The maximum Gasteiger partial charge on any atom is 0.339 e. The van der Waals surface area contributed by atoms with E-state index in [1.807, 2.05) is 0 Å². The molecule has 0 aromatic carbocycles. The summed E-state index contributed by atoms with van der Waals surface area (Å²) in [6.45, 7) is 8.96. The summed E-state index contributed by atoms with van der Waals surface area (Å²) < 4.78 is 1.71. The molecule has 1 aromatic heterocycles. The molecule has 3 rings (SSSR count). The average Bonchev–Trinajstić information content (AvgIpc) is 3.07. The van der Waals surface area contributed by atoms with Crippen molar-refractivity contribution >= 4 is 5.97 Å². The number of aryl methyl sites for hydroxylation is 1. The Hall–Kier alpha value is -2.24. The van der Waals surface area contributed by atoms with Crippen molar-refractivity contribution in [2.45, 2.75) is 39.8 Å². The van der Waals surface area contributed by atoms with Gasteiger partial charge < -0.3 is 15.3 Å². The molecule has 1 aromatic rings. The van der Waals surface area contributed by atoms with Gasteiger partial charge in [-0.2, -0.15) is 5.10 Å². The third-order valence-electron chi connectivity index (χ3n) is 4.66. The standard InChI is InChI=1S/C17H24N4O2/c1-11-6-7-20(8-11)16-5-4-14(12(2)18-16)9-21-10-15(17(22)23)13(3)19-21/h4-5,10-12,18H,6-9H2,1-3H3,(H,22,23). The van der Waals surface area contributed by atoms with Crippen LogP contribution in [0.1, 0.15) is 36.3 Å². The molecule has 6 nitrogen and oxygen atoms in total. The molecule has 0 radical (unpaired) electrons. The van der Waals surface area contributed by atoms with Gasteiger partial charge in [-0.05, 0) is 37.8 Å². The molecular weight excluding hydrogens is 292 g/mol. The van der Waals surface area contributed by atoms with Gasteiger partial charge in [-0.25, -0.2) is 4.79 Å². The van der Waals surface area contributed by atoms with Crippen molar-refractivity contribution in [1.82, 2.24) is 20.0 Å². The van der Waals surface area contributed by atoms with Gasteiger partial charge in [0.25, 0.3) is 0 Å². The number of nitrogens with one attached hydrogen (secondary N) is 1. The quantitative estimate of drug-likeness (QED) is 0.889. The largest absolute Gasteiger partial charge is 0.478 e. The first kappa shape index (κ1) is 15.6. The average molecular weight is 316 g/mol. The number of rotatable bonds is 4. The summed E-state index contributed by atoms with van der Waals surface area (Å²) in [5.74, 6) is 1.01. The minimum absolute atomic E-state index is 0.212. The molecule has 23 heavy (non-hydrogen) atoms. The van der Waals surface area contributed by atoms with Crippen molar-refractivity contribution in [3.8, 4) is 0 Å².